The minimum Gasteiger partial charge on any atom is -0.481 e. The fraction of sp³-hybridized carbons (Fsp3) is 0.300. The van der Waals surface area contributed by atoms with E-state index < -0.39 is 22.6 Å². The number of aliphatic carboxylic acids is 1. The molecule has 0 aliphatic rings. The van der Waals surface area contributed by atoms with Gasteiger partial charge in [-0.25, -0.2) is 13.2 Å². The monoisotopic (exact) mass is 420 g/mol. The van der Waals surface area contributed by atoms with E-state index in [1.807, 2.05) is 0 Å². The molecule has 2 aromatic rings. The van der Waals surface area contributed by atoms with Crippen LogP contribution in [0.3, 0.4) is 0 Å². The first-order chi connectivity index (χ1) is 13.4. The smallest absolute Gasteiger partial charge is 0.341 e. The average Bonchev–Trinajstić information content (AvgIpc) is 2.62. The molecule has 0 heterocycles. The van der Waals surface area contributed by atoms with Gasteiger partial charge in [0.1, 0.15) is 5.75 Å². The Labute approximate surface area is 170 Å². The molecule has 2 aromatic carbocycles. The minimum absolute atomic E-state index is 0.0350. The zero-order chi connectivity index (χ0) is 21.9. The molecule has 9 heteroatoms. The van der Waals surface area contributed by atoms with Crippen molar-refractivity contribution in [3.8, 4) is 5.75 Å². The van der Waals surface area contributed by atoms with Gasteiger partial charge >= 0.3 is 5.97 Å². The second-order valence-corrected chi connectivity index (χ2v) is 8.50. The summed E-state index contributed by atoms with van der Waals surface area (Å²) < 4.78 is 33.8. The van der Waals surface area contributed by atoms with E-state index >= 15 is 0 Å². The predicted molar refractivity (Wildman–Crippen MR) is 109 cm³/mol. The molecule has 0 spiro atoms. The zero-order valence-corrected chi connectivity index (χ0v) is 17.8. The fourth-order valence-electron chi connectivity index (χ4n) is 2.78. The molecule has 0 radical (unpaired) electrons. The van der Waals surface area contributed by atoms with Crippen molar-refractivity contribution in [2.45, 2.75) is 25.7 Å². The Morgan fingerprint density at radius 3 is 2.28 bits per heavy atom. The molecule has 0 aromatic heterocycles. The van der Waals surface area contributed by atoms with Gasteiger partial charge < -0.3 is 14.7 Å². The van der Waals surface area contributed by atoms with Crippen LogP contribution < -0.4 is 9.46 Å². The number of nitrogens with zero attached hydrogens (tertiary/aromatic N) is 1. The van der Waals surface area contributed by atoms with Gasteiger partial charge in [0.25, 0.3) is 15.9 Å². The molecule has 0 fully saturated rings. The maximum Gasteiger partial charge on any atom is 0.341 e. The molecule has 0 bridgehead atoms. The van der Waals surface area contributed by atoms with E-state index in [4.69, 9.17) is 9.84 Å². The minimum atomic E-state index is -4.01. The molecule has 2 N–H and O–H groups in total. The third kappa shape index (κ3) is 5.05. The molecule has 0 aliphatic carbocycles. The van der Waals surface area contributed by atoms with E-state index in [0.717, 1.165) is 0 Å². The van der Waals surface area contributed by atoms with E-state index in [2.05, 4.69) is 4.72 Å². The fourth-order valence-corrected chi connectivity index (χ4v) is 4.14. The summed E-state index contributed by atoms with van der Waals surface area (Å²) in [5, 5.41) is 8.83. The van der Waals surface area contributed by atoms with Crippen molar-refractivity contribution in [1.82, 2.24) is 4.90 Å². The molecule has 156 valence electrons. The van der Waals surface area contributed by atoms with Gasteiger partial charge in [-0.2, -0.15) is 0 Å². The lowest BCUT2D eigenvalue weighted by atomic mass is 10.1. The number of carbonyl (C=O) groups excluding carboxylic acids is 1. The third-order valence-corrected chi connectivity index (χ3v) is 5.83. The van der Waals surface area contributed by atoms with Crippen molar-refractivity contribution >= 4 is 27.6 Å². The summed E-state index contributed by atoms with van der Waals surface area (Å²) in [4.78, 5) is 24.4. The lowest BCUT2D eigenvalue weighted by Crippen LogP contribution is -2.22. The van der Waals surface area contributed by atoms with Gasteiger partial charge in [0, 0.05) is 25.2 Å². The molecule has 0 atom stereocenters. The molecule has 0 saturated carbocycles. The zero-order valence-electron chi connectivity index (χ0n) is 16.9. The SMILES string of the molecule is Cc1ccc(C(=O)N(C)C)cc1NS(=O)(=O)c1ccc(C)c(OCC(=O)O)c1C. The predicted octanol–water partition coefficient (Wildman–Crippen LogP) is 2.58. The number of hydrogen-bond acceptors (Lipinski definition) is 5. The summed E-state index contributed by atoms with van der Waals surface area (Å²) in [6.45, 7) is 4.41. The number of benzene rings is 2. The topological polar surface area (TPSA) is 113 Å². The number of carbonyl (C=O) groups is 2. The molecular formula is C20H24N2O6S. The lowest BCUT2D eigenvalue weighted by molar-refractivity contribution is -0.139. The van der Waals surface area contributed by atoms with Crippen molar-refractivity contribution in [2.75, 3.05) is 25.4 Å². The molecule has 0 saturated heterocycles. The van der Waals surface area contributed by atoms with Crippen molar-refractivity contribution in [2.24, 2.45) is 0 Å². The average molecular weight is 420 g/mol. The van der Waals surface area contributed by atoms with Gasteiger partial charge in [0.05, 0.1) is 10.6 Å². The van der Waals surface area contributed by atoms with Crippen molar-refractivity contribution in [3.05, 3.63) is 52.6 Å². The van der Waals surface area contributed by atoms with Crippen LogP contribution in [0.4, 0.5) is 5.69 Å². The maximum absolute atomic E-state index is 13.0. The van der Waals surface area contributed by atoms with E-state index in [9.17, 15) is 18.0 Å². The third-order valence-electron chi connectivity index (χ3n) is 4.32. The summed E-state index contributed by atoms with van der Waals surface area (Å²) in [7, 11) is -0.786. The number of anilines is 1. The Morgan fingerprint density at radius 2 is 1.69 bits per heavy atom. The van der Waals surface area contributed by atoms with Gasteiger partial charge in [-0.15, -0.1) is 0 Å². The Morgan fingerprint density at radius 1 is 1.07 bits per heavy atom. The molecule has 0 aliphatic heterocycles. The molecule has 29 heavy (non-hydrogen) atoms. The van der Waals surface area contributed by atoms with E-state index in [-0.39, 0.29) is 22.2 Å². The van der Waals surface area contributed by atoms with Crippen LogP contribution in [-0.2, 0) is 14.8 Å². The van der Waals surface area contributed by atoms with Crippen LogP contribution in [0.2, 0.25) is 0 Å². The molecule has 2 rings (SSSR count). The highest BCUT2D eigenvalue weighted by Crippen LogP contribution is 2.31. The second kappa shape index (κ2) is 8.52. The summed E-state index contributed by atoms with van der Waals surface area (Å²) in [5.74, 6) is -1.20. The number of hydrogen-bond donors (Lipinski definition) is 2. The molecule has 8 nitrogen and oxygen atoms in total. The maximum atomic E-state index is 13.0. The Balaban J connectivity index is 2.45. The highest BCUT2D eigenvalue weighted by atomic mass is 32.2. The molecular weight excluding hydrogens is 396 g/mol. The second-order valence-electron chi connectivity index (χ2n) is 6.85. The number of rotatable bonds is 7. The van der Waals surface area contributed by atoms with Gasteiger partial charge in [-0.1, -0.05) is 12.1 Å². The van der Waals surface area contributed by atoms with Gasteiger partial charge in [0.2, 0.25) is 0 Å². The van der Waals surface area contributed by atoms with Crippen molar-refractivity contribution in [3.63, 3.8) is 0 Å². The van der Waals surface area contributed by atoms with Gasteiger partial charge in [-0.3, -0.25) is 9.52 Å². The number of carboxylic acids is 1. The summed E-state index contributed by atoms with van der Waals surface area (Å²) in [5.41, 5.74) is 2.21. The highest BCUT2D eigenvalue weighted by Gasteiger charge is 2.22. The standard InChI is InChI=1S/C20H24N2O6S/c1-12-6-8-15(20(25)22(4)5)10-16(12)21-29(26,27)17-9-7-13(2)19(14(17)3)28-11-18(23)24/h6-10,21H,11H2,1-5H3,(H,23,24). The van der Waals surface area contributed by atoms with Crippen LogP contribution in [0, 0.1) is 20.8 Å². The highest BCUT2D eigenvalue weighted by molar-refractivity contribution is 7.92. The Hall–Kier alpha value is -3.07. The Kier molecular flexibility index (Phi) is 6.53. The lowest BCUT2D eigenvalue weighted by Gasteiger charge is -2.17. The van der Waals surface area contributed by atoms with Gasteiger partial charge in [-0.05, 0) is 50.1 Å². The normalized spacial score (nSPS) is 11.1. The summed E-state index contributed by atoms with van der Waals surface area (Å²) in [6.07, 6.45) is 0. The first kappa shape index (κ1) is 22.2. The number of carboxylic acid groups (broad SMARTS) is 1. The number of amides is 1. The molecule has 0 unspecified atom stereocenters. The Bertz CT molecular complexity index is 1060. The quantitative estimate of drug-likeness (QED) is 0.712. The summed E-state index contributed by atoms with van der Waals surface area (Å²) in [6, 6.07) is 7.77. The number of nitrogens with one attached hydrogen (secondary N) is 1. The number of aryl methyl sites for hydroxylation is 2. The number of sulfonamides is 1. The van der Waals surface area contributed by atoms with Crippen LogP contribution in [-0.4, -0.2) is 51.0 Å². The van der Waals surface area contributed by atoms with Crippen LogP contribution in [0.5, 0.6) is 5.75 Å². The van der Waals surface area contributed by atoms with E-state index in [0.29, 0.717) is 22.3 Å². The summed E-state index contributed by atoms with van der Waals surface area (Å²) >= 11 is 0. The first-order valence-corrected chi connectivity index (χ1v) is 10.2. The number of ether oxygens (including phenoxy) is 1. The molecule has 1 amide bonds. The largest absolute Gasteiger partial charge is 0.481 e. The van der Waals surface area contributed by atoms with E-state index in [1.165, 1.54) is 17.0 Å². The van der Waals surface area contributed by atoms with Crippen molar-refractivity contribution in [1.29, 1.82) is 0 Å². The van der Waals surface area contributed by atoms with E-state index in [1.54, 1.807) is 53.1 Å². The van der Waals surface area contributed by atoms with Crippen LogP contribution in [0.25, 0.3) is 0 Å². The first-order valence-electron chi connectivity index (χ1n) is 8.74. The van der Waals surface area contributed by atoms with Crippen molar-refractivity contribution < 1.29 is 27.9 Å². The van der Waals surface area contributed by atoms with Crippen LogP contribution >= 0.6 is 0 Å². The van der Waals surface area contributed by atoms with Crippen LogP contribution in [0.15, 0.2) is 35.2 Å². The van der Waals surface area contributed by atoms with Gasteiger partial charge in [0.15, 0.2) is 6.61 Å². The van der Waals surface area contributed by atoms with Crippen LogP contribution in [0.1, 0.15) is 27.0 Å².